The van der Waals surface area contributed by atoms with Gasteiger partial charge in [-0.05, 0) is 19.1 Å². The van der Waals surface area contributed by atoms with E-state index < -0.39 is 18.0 Å². The van der Waals surface area contributed by atoms with Crippen LogP contribution in [0, 0.1) is 0 Å². The van der Waals surface area contributed by atoms with Gasteiger partial charge in [0.25, 0.3) is 0 Å². The Labute approximate surface area is 166 Å². The molecule has 2 heterocycles. The molecule has 3 amide bonds. The molecule has 0 unspecified atom stereocenters. The first-order valence-corrected chi connectivity index (χ1v) is 9.73. The zero-order valence-corrected chi connectivity index (χ0v) is 16.2. The van der Waals surface area contributed by atoms with E-state index in [0.29, 0.717) is 42.2 Å². The van der Waals surface area contributed by atoms with E-state index in [2.05, 4.69) is 27.4 Å². The van der Waals surface area contributed by atoms with Crippen molar-refractivity contribution in [2.45, 2.75) is 24.7 Å². The SMILES string of the molecule is C=CCn1c(SCC(=O)NC(=O)NCC)nnc1[C@H]1COc2ccccc2O1. The number of hydrogen-bond acceptors (Lipinski definition) is 7. The first-order valence-electron chi connectivity index (χ1n) is 8.75. The third-order valence-corrected chi connectivity index (χ3v) is 4.74. The Morgan fingerprint density at radius 2 is 2.14 bits per heavy atom. The molecule has 0 fully saturated rings. The van der Waals surface area contributed by atoms with Crippen molar-refractivity contribution < 1.29 is 19.1 Å². The third-order valence-electron chi connectivity index (χ3n) is 3.78. The molecule has 1 aliphatic heterocycles. The number of thioether (sulfide) groups is 1. The van der Waals surface area contributed by atoms with Crippen LogP contribution in [0.25, 0.3) is 0 Å². The summed E-state index contributed by atoms with van der Waals surface area (Å²) in [5, 5.41) is 13.7. The van der Waals surface area contributed by atoms with Crippen molar-refractivity contribution in [2.24, 2.45) is 0 Å². The highest BCUT2D eigenvalue weighted by molar-refractivity contribution is 7.99. The van der Waals surface area contributed by atoms with E-state index in [1.165, 1.54) is 11.8 Å². The fourth-order valence-electron chi connectivity index (χ4n) is 2.59. The normalized spacial score (nSPS) is 15.0. The summed E-state index contributed by atoms with van der Waals surface area (Å²) in [5.41, 5.74) is 0. The molecule has 1 atom stereocenters. The lowest BCUT2D eigenvalue weighted by molar-refractivity contribution is -0.117. The summed E-state index contributed by atoms with van der Waals surface area (Å²) in [6.07, 6.45) is 1.28. The van der Waals surface area contributed by atoms with E-state index in [1.54, 1.807) is 13.0 Å². The fraction of sp³-hybridized carbons (Fsp3) is 0.333. The number of hydrogen-bond donors (Lipinski definition) is 2. The average Bonchev–Trinajstić information content (AvgIpc) is 3.09. The summed E-state index contributed by atoms with van der Waals surface area (Å²) in [6.45, 7) is 6.72. The second-order valence-electron chi connectivity index (χ2n) is 5.80. The Balaban J connectivity index is 1.69. The minimum absolute atomic E-state index is 0.0251. The standard InChI is InChI=1S/C18H21N5O4S/c1-3-9-23-16(14-10-26-12-7-5-6-8-13(12)27-14)21-22-18(23)28-11-15(24)20-17(25)19-4-2/h3,5-8,14H,1,4,9-11H2,2H3,(H2,19,20,24,25)/t14-/m1/s1. The molecule has 9 nitrogen and oxygen atoms in total. The number of ether oxygens (including phenoxy) is 2. The molecule has 10 heteroatoms. The molecular formula is C18H21N5O4S. The Morgan fingerprint density at radius 3 is 2.89 bits per heavy atom. The van der Waals surface area contributed by atoms with Crippen molar-refractivity contribution in [3.05, 3.63) is 42.7 Å². The van der Waals surface area contributed by atoms with Crippen molar-refractivity contribution >= 4 is 23.7 Å². The maximum Gasteiger partial charge on any atom is 0.321 e. The van der Waals surface area contributed by atoms with Gasteiger partial charge < -0.3 is 14.8 Å². The van der Waals surface area contributed by atoms with Crippen LogP contribution < -0.4 is 20.1 Å². The highest BCUT2D eigenvalue weighted by Crippen LogP contribution is 2.36. The van der Waals surface area contributed by atoms with Gasteiger partial charge in [-0.2, -0.15) is 0 Å². The van der Waals surface area contributed by atoms with E-state index in [0.717, 1.165) is 0 Å². The minimum atomic E-state index is -0.521. The largest absolute Gasteiger partial charge is 0.485 e. The van der Waals surface area contributed by atoms with Crippen LogP contribution in [-0.2, 0) is 11.3 Å². The number of rotatable bonds is 7. The van der Waals surface area contributed by atoms with Gasteiger partial charge >= 0.3 is 6.03 Å². The number of carbonyl (C=O) groups excluding carboxylic acids is 2. The first-order chi connectivity index (χ1) is 13.6. The van der Waals surface area contributed by atoms with Crippen LogP contribution in [0.1, 0.15) is 18.9 Å². The number of nitrogens with one attached hydrogen (secondary N) is 2. The number of para-hydroxylation sites is 2. The highest BCUT2D eigenvalue weighted by Gasteiger charge is 2.28. The lowest BCUT2D eigenvalue weighted by Crippen LogP contribution is -2.40. The summed E-state index contributed by atoms with van der Waals surface area (Å²) >= 11 is 1.18. The zero-order valence-electron chi connectivity index (χ0n) is 15.4. The van der Waals surface area contributed by atoms with E-state index in [1.807, 2.05) is 28.8 Å². The van der Waals surface area contributed by atoms with Gasteiger partial charge in [0.2, 0.25) is 5.91 Å². The van der Waals surface area contributed by atoms with Crippen LogP contribution >= 0.6 is 11.8 Å². The van der Waals surface area contributed by atoms with Crippen LogP contribution in [0.2, 0.25) is 0 Å². The predicted octanol–water partition coefficient (Wildman–Crippen LogP) is 1.91. The number of urea groups is 1. The number of carbonyl (C=O) groups is 2. The van der Waals surface area contributed by atoms with Crippen molar-refractivity contribution in [2.75, 3.05) is 18.9 Å². The molecular weight excluding hydrogens is 382 g/mol. The fourth-order valence-corrected chi connectivity index (χ4v) is 3.34. The minimum Gasteiger partial charge on any atom is -0.485 e. The highest BCUT2D eigenvalue weighted by atomic mass is 32.2. The van der Waals surface area contributed by atoms with E-state index in [4.69, 9.17) is 9.47 Å². The summed E-state index contributed by atoms with van der Waals surface area (Å²) < 4.78 is 13.6. The second-order valence-corrected chi connectivity index (χ2v) is 6.74. The molecule has 1 aromatic heterocycles. The van der Waals surface area contributed by atoms with Gasteiger partial charge in [-0.25, -0.2) is 4.79 Å². The molecule has 2 aromatic rings. The molecule has 2 N–H and O–H groups in total. The summed E-state index contributed by atoms with van der Waals surface area (Å²) in [6, 6.07) is 6.90. The summed E-state index contributed by atoms with van der Waals surface area (Å²) in [7, 11) is 0. The molecule has 148 valence electrons. The Morgan fingerprint density at radius 1 is 1.36 bits per heavy atom. The van der Waals surface area contributed by atoms with Crippen LogP contribution in [-0.4, -0.2) is 45.6 Å². The molecule has 28 heavy (non-hydrogen) atoms. The van der Waals surface area contributed by atoms with Gasteiger partial charge in [-0.3, -0.25) is 14.7 Å². The van der Waals surface area contributed by atoms with Crippen molar-refractivity contribution in [3.8, 4) is 11.5 Å². The Bertz CT molecular complexity index is 869. The van der Waals surface area contributed by atoms with Crippen LogP contribution in [0.3, 0.4) is 0 Å². The molecule has 0 saturated carbocycles. The van der Waals surface area contributed by atoms with Gasteiger partial charge in [-0.1, -0.05) is 30.0 Å². The molecule has 0 bridgehead atoms. The maximum atomic E-state index is 11.9. The quantitative estimate of drug-likeness (QED) is 0.537. The lowest BCUT2D eigenvalue weighted by Gasteiger charge is -2.26. The van der Waals surface area contributed by atoms with Gasteiger partial charge in [0.05, 0.1) is 5.75 Å². The van der Waals surface area contributed by atoms with E-state index in [-0.39, 0.29) is 5.75 Å². The summed E-state index contributed by atoms with van der Waals surface area (Å²) in [4.78, 5) is 23.3. The van der Waals surface area contributed by atoms with Crippen molar-refractivity contribution in [1.82, 2.24) is 25.4 Å². The average molecular weight is 403 g/mol. The van der Waals surface area contributed by atoms with Crippen LogP contribution in [0.5, 0.6) is 11.5 Å². The number of imide groups is 1. The zero-order chi connectivity index (χ0) is 19.9. The monoisotopic (exact) mass is 403 g/mol. The summed E-state index contributed by atoms with van der Waals surface area (Å²) in [5.74, 6) is 1.52. The smallest absolute Gasteiger partial charge is 0.321 e. The van der Waals surface area contributed by atoms with E-state index in [9.17, 15) is 9.59 Å². The molecule has 0 saturated heterocycles. The molecule has 1 aromatic carbocycles. The number of fused-ring (bicyclic) bond motifs is 1. The maximum absolute atomic E-state index is 11.9. The van der Waals surface area contributed by atoms with Gasteiger partial charge in [0.15, 0.2) is 28.6 Å². The van der Waals surface area contributed by atoms with Crippen LogP contribution in [0.15, 0.2) is 42.1 Å². The van der Waals surface area contributed by atoms with Crippen molar-refractivity contribution in [1.29, 1.82) is 0 Å². The molecule has 0 aliphatic carbocycles. The second kappa shape index (κ2) is 9.27. The molecule has 0 spiro atoms. The number of allylic oxidation sites excluding steroid dienone is 1. The van der Waals surface area contributed by atoms with Crippen LogP contribution in [0.4, 0.5) is 4.79 Å². The molecule has 3 rings (SSSR count). The number of benzene rings is 1. The van der Waals surface area contributed by atoms with Gasteiger partial charge in [-0.15, -0.1) is 16.8 Å². The number of amides is 3. The van der Waals surface area contributed by atoms with Crippen molar-refractivity contribution in [3.63, 3.8) is 0 Å². The lowest BCUT2D eigenvalue weighted by atomic mass is 10.2. The Kier molecular flexibility index (Phi) is 6.53. The van der Waals surface area contributed by atoms with Gasteiger partial charge in [0, 0.05) is 13.1 Å². The molecule has 1 aliphatic rings. The van der Waals surface area contributed by atoms with Gasteiger partial charge in [0.1, 0.15) is 6.61 Å². The number of nitrogens with zero attached hydrogens (tertiary/aromatic N) is 3. The predicted molar refractivity (Wildman–Crippen MR) is 103 cm³/mol. The number of aromatic nitrogens is 3. The third kappa shape index (κ3) is 4.63. The molecule has 0 radical (unpaired) electrons. The first kappa shape index (κ1) is 19.7. The topological polar surface area (TPSA) is 107 Å². The Hall–Kier alpha value is -3.01. The van der Waals surface area contributed by atoms with E-state index >= 15 is 0 Å².